The van der Waals surface area contributed by atoms with Crippen LogP contribution in [0.4, 0.5) is 5.95 Å². The Morgan fingerprint density at radius 2 is 1.60 bits per heavy atom. The van der Waals surface area contributed by atoms with Crippen molar-refractivity contribution in [2.45, 2.75) is 32.9 Å². The highest BCUT2D eigenvalue weighted by atomic mass is 15.4. The van der Waals surface area contributed by atoms with Crippen molar-refractivity contribution in [3.8, 4) is 0 Å². The number of nitrogens with zero attached hydrogens (tertiary/aromatic N) is 6. The van der Waals surface area contributed by atoms with Crippen LogP contribution >= 0.6 is 0 Å². The van der Waals surface area contributed by atoms with Crippen molar-refractivity contribution in [1.82, 2.24) is 25.1 Å². The van der Waals surface area contributed by atoms with E-state index in [2.05, 4.69) is 61.2 Å². The number of anilines is 1. The predicted octanol–water partition coefficient (Wildman–Crippen LogP) is 2.36. The minimum Gasteiger partial charge on any atom is -0.357 e. The summed E-state index contributed by atoms with van der Waals surface area (Å²) in [7, 11) is 0. The fourth-order valence-electron chi connectivity index (χ4n) is 4.11. The summed E-state index contributed by atoms with van der Waals surface area (Å²) in [6, 6.07) is 10.8. The molecule has 1 N–H and O–H groups in total. The SMILES string of the molecule is CCNC(=NCc1ccc(CN2CCCC2)cc1)N1CCN(c2ncccn2)CC1. The summed E-state index contributed by atoms with van der Waals surface area (Å²) in [5.41, 5.74) is 2.66. The Morgan fingerprint density at radius 1 is 0.933 bits per heavy atom. The lowest BCUT2D eigenvalue weighted by molar-refractivity contribution is 0.331. The molecule has 0 radical (unpaired) electrons. The topological polar surface area (TPSA) is 59.9 Å². The van der Waals surface area contributed by atoms with Crippen LogP contribution < -0.4 is 10.2 Å². The van der Waals surface area contributed by atoms with E-state index in [0.29, 0.717) is 6.54 Å². The normalized spacial score (nSPS) is 18.1. The van der Waals surface area contributed by atoms with E-state index < -0.39 is 0 Å². The van der Waals surface area contributed by atoms with Crippen LogP contribution in [0.15, 0.2) is 47.7 Å². The Morgan fingerprint density at radius 3 is 2.27 bits per heavy atom. The molecule has 30 heavy (non-hydrogen) atoms. The van der Waals surface area contributed by atoms with Gasteiger partial charge in [0.15, 0.2) is 5.96 Å². The highest BCUT2D eigenvalue weighted by Gasteiger charge is 2.21. The smallest absolute Gasteiger partial charge is 0.225 e. The van der Waals surface area contributed by atoms with Crippen molar-refractivity contribution in [1.29, 1.82) is 0 Å². The first-order valence-electron chi connectivity index (χ1n) is 11.2. The van der Waals surface area contributed by atoms with Crippen LogP contribution in [0, 0.1) is 0 Å². The molecule has 4 rings (SSSR count). The Labute approximate surface area is 179 Å². The molecule has 0 amide bonds. The number of nitrogens with one attached hydrogen (secondary N) is 1. The molecular weight excluding hydrogens is 374 g/mol. The Balaban J connectivity index is 1.32. The van der Waals surface area contributed by atoms with E-state index in [4.69, 9.17) is 4.99 Å². The maximum absolute atomic E-state index is 4.91. The molecule has 0 spiro atoms. The highest BCUT2D eigenvalue weighted by Crippen LogP contribution is 2.14. The molecule has 7 heteroatoms. The number of aliphatic imine (C=N–C) groups is 1. The first-order chi connectivity index (χ1) is 14.8. The third-order valence-electron chi connectivity index (χ3n) is 5.79. The van der Waals surface area contributed by atoms with Gasteiger partial charge in [0, 0.05) is 51.7 Å². The van der Waals surface area contributed by atoms with Gasteiger partial charge in [-0.1, -0.05) is 24.3 Å². The molecular formula is C23H33N7. The lowest BCUT2D eigenvalue weighted by Gasteiger charge is -2.36. The molecule has 2 saturated heterocycles. The van der Waals surface area contributed by atoms with Gasteiger partial charge < -0.3 is 15.1 Å². The summed E-state index contributed by atoms with van der Waals surface area (Å²) in [6.45, 7) is 10.9. The summed E-state index contributed by atoms with van der Waals surface area (Å²) in [6.07, 6.45) is 6.28. The van der Waals surface area contributed by atoms with E-state index in [9.17, 15) is 0 Å². The van der Waals surface area contributed by atoms with Crippen LogP contribution in [0.25, 0.3) is 0 Å². The zero-order valence-electron chi connectivity index (χ0n) is 18.0. The second-order valence-electron chi connectivity index (χ2n) is 7.99. The number of hydrogen-bond donors (Lipinski definition) is 1. The number of hydrogen-bond acceptors (Lipinski definition) is 5. The fourth-order valence-corrected chi connectivity index (χ4v) is 4.11. The average molecular weight is 408 g/mol. The maximum Gasteiger partial charge on any atom is 0.225 e. The minimum absolute atomic E-state index is 0.703. The van der Waals surface area contributed by atoms with Crippen LogP contribution in [-0.4, -0.2) is 71.5 Å². The molecule has 160 valence electrons. The van der Waals surface area contributed by atoms with E-state index in [-0.39, 0.29) is 0 Å². The molecule has 7 nitrogen and oxygen atoms in total. The molecule has 3 heterocycles. The summed E-state index contributed by atoms with van der Waals surface area (Å²) < 4.78 is 0. The van der Waals surface area contributed by atoms with Gasteiger partial charge in [-0.25, -0.2) is 15.0 Å². The van der Waals surface area contributed by atoms with Crippen LogP contribution in [0.3, 0.4) is 0 Å². The maximum atomic E-state index is 4.91. The molecule has 0 saturated carbocycles. The van der Waals surface area contributed by atoms with Crippen molar-refractivity contribution < 1.29 is 0 Å². The summed E-state index contributed by atoms with van der Waals surface area (Å²) in [4.78, 5) is 20.8. The quantitative estimate of drug-likeness (QED) is 0.586. The third kappa shape index (κ3) is 5.48. The highest BCUT2D eigenvalue weighted by molar-refractivity contribution is 5.80. The molecule has 2 aromatic rings. The minimum atomic E-state index is 0.703. The number of guanidine groups is 1. The number of rotatable bonds is 6. The average Bonchev–Trinajstić information content (AvgIpc) is 3.31. The van der Waals surface area contributed by atoms with Gasteiger partial charge >= 0.3 is 0 Å². The molecule has 1 aromatic carbocycles. The zero-order valence-corrected chi connectivity index (χ0v) is 18.0. The number of aromatic nitrogens is 2. The zero-order chi connectivity index (χ0) is 20.6. The molecule has 0 atom stereocenters. The molecule has 0 aliphatic carbocycles. The first kappa shape index (κ1) is 20.6. The van der Waals surface area contributed by atoms with E-state index in [1.165, 1.54) is 37.1 Å². The van der Waals surface area contributed by atoms with Crippen LogP contribution in [0.2, 0.25) is 0 Å². The molecule has 2 fully saturated rings. The molecule has 2 aliphatic heterocycles. The lowest BCUT2D eigenvalue weighted by Crippen LogP contribution is -2.52. The van der Waals surface area contributed by atoms with E-state index in [1.54, 1.807) is 12.4 Å². The van der Waals surface area contributed by atoms with Crippen molar-refractivity contribution in [3.05, 3.63) is 53.9 Å². The van der Waals surface area contributed by atoms with Gasteiger partial charge in [-0.2, -0.15) is 0 Å². The number of likely N-dealkylation sites (tertiary alicyclic amines) is 1. The lowest BCUT2D eigenvalue weighted by atomic mass is 10.1. The van der Waals surface area contributed by atoms with Gasteiger partial charge in [-0.3, -0.25) is 4.90 Å². The first-order valence-corrected chi connectivity index (χ1v) is 11.2. The molecule has 2 aliphatic rings. The predicted molar refractivity (Wildman–Crippen MR) is 122 cm³/mol. The Kier molecular flexibility index (Phi) is 7.13. The van der Waals surface area contributed by atoms with Gasteiger partial charge in [0.2, 0.25) is 5.95 Å². The van der Waals surface area contributed by atoms with Crippen LogP contribution in [0.5, 0.6) is 0 Å². The Bertz CT molecular complexity index is 792. The molecule has 1 aromatic heterocycles. The third-order valence-corrected chi connectivity index (χ3v) is 5.79. The molecule has 0 bridgehead atoms. The van der Waals surface area contributed by atoms with E-state index in [1.807, 2.05) is 6.07 Å². The van der Waals surface area contributed by atoms with Gasteiger partial charge in [0.25, 0.3) is 0 Å². The summed E-state index contributed by atoms with van der Waals surface area (Å²) in [5, 5.41) is 3.46. The van der Waals surface area contributed by atoms with Crippen LogP contribution in [-0.2, 0) is 13.1 Å². The van der Waals surface area contributed by atoms with Gasteiger partial charge in [-0.05, 0) is 50.0 Å². The monoisotopic (exact) mass is 407 g/mol. The second kappa shape index (κ2) is 10.4. The van der Waals surface area contributed by atoms with Gasteiger partial charge in [0.1, 0.15) is 0 Å². The standard InChI is InChI=1S/C23H33N7/c1-2-24-22(29-14-16-30(17-15-29)23-25-10-5-11-26-23)27-18-20-6-8-21(9-7-20)19-28-12-3-4-13-28/h5-11H,2-4,12-19H2,1H3,(H,24,27). The van der Waals surface area contributed by atoms with Crippen molar-refractivity contribution in [2.24, 2.45) is 4.99 Å². The van der Waals surface area contributed by atoms with Crippen molar-refractivity contribution >= 4 is 11.9 Å². The fraction of sp³-hybridized carbons (Fsp3) is 0.522. The van der Waals surface area contributed by atoms with Gasteiger partial charge in [0.05, 0.1) is 6.54 Å². The largest absolute Gasteiger partial charge is 0.357 e. The number of benzene rings is 1. The van der Waals surface area contributed by atoms with Crippen molar-refractivity contribution in [2.75, 3.05) is 50.7 Å². The number of piperazine rings is 1. The van der Waals surface area contributed by atoms with E-state index in [0.717, 1.165) is 51.2 Å². The Hall–Kier alpha value is -2.67. The second-order valence-corrected chi connectivity index (χ2v) is 7.99. The van der Waals surface area contributed by atoms with Crippen LogP contribution in [0.1, 0.15) is 30.9 Å². The van der Waals surface area contributed by atoms with Crippen molar-refractivity contribution in [3.63, 3.8) is 0 Å². The van der Waals surface area contributed by atoms with Gasteiger partial charge in [-0.15, -0.1) is 0 Å². The van der Waals surface area contributed by atoms with E-state index >= 15 is 0 Å². The molecule has 0 unspecified atom stereocenters. The summed E-state index contributed by atoms with van der Waals surface area (Å²) in [5.74, 6) is 1.81. The summed E-state index contributed by atoms with van der Waals surface area (Å²) >= 11 is 0.